The van der Waals surface area contributed by atoms with Gasteiger partial charge in [-0.05, 0) is 0 Å². The van der Waals surface area contributed by atoms with Crippen LogP contribution in [0.3, 0.4) is 0 Å². The molecule has 0 aromatic carbocycles. The van der Waals surface area contributed by atoms with E-state index in [1.165, 1.54) is 14.0 Å². The van der Waals surface area contributed by atoms with E-state index in [1.54, 1.807) is 0 Å². The van der Waals surface area contributed by atoms with Gasteiger partial charge in [-0.25, -0.2) is 0 Å². The van der Waals surface area contributed by atoms with Gasteiger partial charge in [-0.3, -0.25) is 26.5 Å². The maximum Gasteiger partial charge on any atom is 0.305 e. The molecule has 1 radical (unpaired) electrons. The zero-order chi connectivity index (χ0) is 13.8. The summed E-state index contributed by atoms with van der Waals surface area (Å²) in [7, 11) is 1.36. The first kappa shape index (κ1) is 20.3. The van der Waals surface area contributed by atoms with E-state index in [1.807, 2.05) is 0 Å². The second-order valence-electron chi connectivity index (χ2n) is 2.65. The van der Waals surface area contributed by atoms with Crippen molar-refractivity contribution in [3.63, 3.8) is 0 Å². The minimum absolute atomic E-state index is 0. The van der Waals surface area contributed by atoms with Crippen LogP contribution in [0.5, 0.6) is 0 Å². The van der Waals surface area contributed by atoms with Crippen molar-refractivity contribution in [3.05, 3.63) is 24.3 Å². The minimum atomic E-state index is -0.848. The largest absolute Gasteiger partial charge is 0.450 e. The molecule has 0 aliphatic carbocycles. The van der Waals surface area contributed by atoms with E-state index >= 15 is 0 Å². The summed E-state index contributed by atoms with van der Waals surface area (Å²) in [6.45, 7) is 0.507. The normalized spacial score (nSPS) is 10.0. The maximum absolute atomic E-state index is 10.9. The van der Waals surface area contributed by atoms with E-state index in [2.05, 4.69) is 31.1 Å². The van der Waals surface area contributed by atoms with E-state index in [9.17, 15) is 14.4 Å². The fraction of sp³-hybridized carbons (Fsp3) is 0.364. The molecule has 0 aliphatic heterocycles. The van der Waals surface area contributed by atoms with E-state index in [-0.39, 0.29) is 39.5 Å². The van der Waals surface area contributed by atoms with Crippen LogP contribution in [-0.2, 0) is 66.0 Å². The standard InChI is InChI=1S/C11H12O7.Y/c1-9(12)16-8-18-11(14)6-4-3-5-10(13)17-7-15-2;/h3-4H,7-8H2,1-2H3;/q-2;. The van der Waals surface area contributed by atoms with Crippen LogP contribution < -0.4 is 0 Å². The van der Waals surface area contributed by atoms with Crippen LogP contribution in [0.1, 0.15) is 6.92 Å². The number of hydrogen-bond acceptors (Lipinski definition) is 7. The summed E-state index contributed by atoms with van der Waals surface area (Å²) in [6, 6.07) is 0. The zero-order valence-corrected chi connectivity index (χ0v) is 13.3. The van der Waals surface area contributed by atoms with Crippen LogP contribution >= 0.6 is 0 Å². The van der Waals surface area contributed by atoms with E-state index in [0.717, 1.165) is 12.2 Å². The van der Waals surface area contributed by atoms with Crippen LogP contribution in [0.15, 0.2) is 12.2 Å². The van der Waals surface area contributed by atoms with Crippen LogP contribution in [0, 0.1) is 12.2 Å². The number of methoxy groups -OCH3 is 1. The molecule has 0 saturated heterocycles. The molecule has 0 rings (SSSR count). The van der Waals surface area contributed by atoms with Crippen molar-refractivity contribution >= 4 is 17.9 Å². The first-order valence-corrected chi connectivity index (χ1v) is 4.70. The average Bonchev–Trinajstić information content (AvgIpc) is 2.31. The van der Waals surface area contributed by atoms with Crippen LogP contribution in [0.2, 0.25) is 0 Å². The molecule has 0 atom stereocenters. The van der Waals surface area contributed by atoms with Gasteiger partial charge in [-0.1, -0.05) is 0 Å². The van der Waals surface area contributed by atoms with Crippen LogP contribution in [0.4, 0.5) is 0 Å². The second-order valence-corrected chi connectivity index (χ2v) is 2.65. The van der Waals surface area contributed by atoms with Gasteiger partial charge in [0.25, 0.3) is 0 Å². The molecule has 0 heterocycles. The molecule has 0 saturated carbocycles. The third-order valence-corrected chi connectivity index (χ3v) is 1.25. The van der Waals surface area contributed by atoms with Crippen molar-refractivity contribution in [2.45, 2.75) is 6.92 Å². The van der Waals surface area contributed by atoms with Crippen molar-refractivity contribution in [1.29, 1.82) is 0 Å². The Kier molecular flexibility index (Phi) is 14.3. The predicted octanol–water partition coefficient (Wildman–Crippen LogP) is -0.0864. The van der Waals surface area contributed by atoms with Crippen molar-refractivity contribution in [3.8, 4) is 0 Å². The van der Waals surface area contributed by atoms with Gasteiger partial charge in [-0.15, -0.1) is 0 Å². The molecule has 7 nitrogen and oxygen atoms in total. The summed E-state index contributed by atoms with van der Waals surface area (Å²) in [5.74, 6) is -2.16. The quantitative estimate of drug-likeness (QED) is 0.210. The fourth-order valence-electron chi connectivity index (χ4n) is 0.581. The van der Waals surface area contributed by atoms with Gasteiger partial charge in [-0.2, -0.15) is 0 Å². The Morgan fingerprint density at radius 1 is 0.947 bits per heavy atom. The minimum Gasteiger partial charge on any atom is -0.450 e. The van der Waals surface area contributed by atoms with Crippen LogP contribution in [0.25, 0.3) is 0 Å². The van der Waals surface area contributed by atoms with E-state index < -0.39 is 24.7 Å². The SMILES string of the molecule is COCOC(=O)[C-]=CC=[C-]C(=O)OCOC(C)=O.[Y]. The molecule has 0 unspecified atom stereocenters. The number of allylic oxidation sites excluding steroid dienone is 2. The molecule has 0 fully saturated rings. The Bertz CT molecular complexity index is 349. The van der Waals surface area contributed by atoms with Gasteiger partial charge in [0.1, 0.15) is 0 Å². The third-order valence-electron chi connectivity index (χ3n) is 1.25. The molecule has 103 valence electrons. The Hall–Kier alpha value is -1.05. The zero-order valence-electron chi connectivity index (χ0n) is 10.5. The Labute approximate surface area is 135 Å². The van der Waals surface area contributed by atoms with Gasteiger partial charge >= 0.3 is 5.97 Å². The first-order valence-electron chi connectivity index (χ1n) is 4.70. The topological polar surface area (TPSA) is 88.1 Å². The number of carbonyl (C=O) groups is 3. The average molecular weight is 345 g/mol. The van der Waals surface area contributed by atoms with Gasteiger partial charge in [0.15, 0.2) is 6.79 Å². The molecule has 0 amide bonds. The van der Waals surface area contributed by atoms with Crippen molar-refractivity contribution in [2.75, 3.05) is 20.7 Å². The predicted molar refractivity (Wildman–Crippen MR) is 56.3 cm³/mol. The van der Waals surface area contributed by atoms with Crippen molar-refractivity contribution in [2.24, 2.45) is 0 Å². The number of esters is 3. The number of rotatable bonds is 7. The molecule has 0 aliphatic rings. The van der Waals surface area contributed by atoms with Crippen molar-refractivity contribution in [1.82, 2.24) is 0 Å². The summed E-state index contributed by atoms with van der Waals surface area (Å²) in [4.78, 5) is 32.1. The Morgan fingerprint density at radius 3 is 1.84 bits per heavy atom. The maximum atomic E-state index is 10.9. The number of ether oxygens (including phenoxy) is 4. The first-order chi connectivity index (χ1) is 8.56. The summed E-state index contributed by atoms with van der Waals surface area (Å²) < 4.78 is 17.7. The molecule has 0 aromatic rings. The molecule has 0 bridgehead atoms. The summed E-state index contributed by atoms with van der Waals surface area (Å²) in [5.41, 5.74) is 0. The van der Waals surface area contributed by atoms with Gasteiger partial charge in [0.2, 0.25) is 18.7 Å². The molecule has 19 heavy (non-hydrogen) atoms. The van der Waals surface area contributed by atoms with Gasteiger partial charge in [0.05, 0.1) is 0 Å². The van der Waals surface area contributed by atoms with Crippen molar-refractivity contribution < 1.29 is 66.0 Å². The molecule has 8 heteroatoms. The number of carbonyl (C=O) groups excluding carboxylic acids is 3. The molecule has 0 N–H and O–H groups in total. The number of hydrogen-bond donors (Lipinski definition) is 0. The van der Waals surface area contributed by atoms with Gasteiger partial charge in [0, 0.05) is 46.7 Å². The summed E-state index contributed by atoms with van der Waals surface area (Å²) in [6.07, 6.45) is 6.52. The fourth-order valence-corrected chi connectivity index (χ4v) is 0.581. The summed E-state index contributed by atoms with van der Waals surface area (Å²) >= 11 is 0. The Balaban J connectivity index is 0. The van der Waals surface area contributed by atoms with E-state index in [4.69, 9.17) is 0 Å². The summed E-state index contributed by atoms with van der Waals surface area (Å²) in [5, 5.41) is 0. The smallest absolute Gasteiger partial charge is 0.305 e. The molecule has 0 aromatic heterocycles. The second kappa shape index (κ2) is 13.4. The van der Waals surface area contributed by atoms with Gasteiger partial charge < -0.3 is 31.1 Å². The van der Waals surface area contributed by atoms with Crippen LogP contribution in [-0.4, -0.2) is 38.6 Å². The third kappa shape index (κ3) is 14.9. The Morgan fingerprint density at radius 2 is 1.42 bits per heavy atom. The monoisotopic (exact) mass is 345 g/mol. The molecule has 0 spiro atoms. The molecular weight excluding hydrogens is 333 g/mol. The van der Waals surface area contributed by atoms with E-state index in [0.29, 0.717) is 0 Å². The molecular formula is C11H12O7Y-2.